The average molecular weight is 339 g/mol. The maximum Gasteiger partial charge on any atom is 0.277 e. The fraction of sp³-hybridized carbons (Fsp3) is 0.714. The van der Waals surface area contributed by atoms with Crippen LogP contribution in [0.2, 0.25) is 0 Å². The van der Waals surface area contributed by atoms with Crippen molar-refractivity contribution in [2.45, 2.75) is 46.6 Å². The van der Waals surface area contributed by atoms with E-state index in [0.717, 1.165) is 23.5 Å². The maximum atomic E-state index is 13.0. The summed E-state index contributed by atoms with van der Waals surface area (Å²) in [7, 11) is 0. The number of nitrogens with one attached hydrogen (secondary N) is 1. The number of hydrogen-bond acceptors (Lipinski definition) is 3. The summed E-state index contributed by atoms with van der Waals surface area (Å²) in [6.07, 6.45) is 0.0520. The summed E-state index contributed by atoms with van der Waals surface area (Å²) in [5.41, 5.74) is 7.39. The fourth-order valence-electron chi connectivity index (χ4n) is 2.04. The van der Waals surface area contributed by atoms with Crippen LogP contribution in [0.25, 0.3) is 0 Å². The number of nitrogens with zero attached hydrogens (tertiary/aromatic N) is 2. The fourth-order valence-corrected chi connectivity index (χ4v) is 2.04. The Morgan fingerprint density at radius 2 is 2.00 bits per heavy atom. The highest BCUT2D eigenvalue weighted by molar-refractivity contribution is 5.85. The number of nitrogens with two attached hydrogens (primary N) is 1. The van der Waals surface area contributed by atoms with Gasteiger partial charge in [-0.25, -0.2) is 8.78 Å². The first-order chi connectivity index (χ1) is 9.66. The number of aryl methyl sites for hydroxylation is 1. The summed E-state index contributed by atoms with van der Waals surface area (Å²) >= 11 is 0. The minimum absolute atomic E-state index is 0. The molecule has 3 N–H and O–H groups in total. The van der Waals surface area contributed by atoms with E-state index >= 15 is 0 Å². The van der Waals surface area contributed by atoms with E-state index in [2.05, 4.69) is 24.3 Å². The second kappa shape index (κ2) is 8.43. The number of carbonyl (C=O) groups excluding carboxylic acids is 1. The number of hydrogen-bond donors (Lipinski definition) is 2. The summed E-state index contributed by atoms with van der Waals surface area (Å²) in [5, 5.41) is 6.62. The molecule has 0 bridgehead atoms. The molecule has 0 saturated heterocycles. The second-order valence-electron chi connectivity index (χ2n) is 5.74. The maximum absolute atomic E-state index is 13.0. The molecule has 1 aromatic rings. The lowest BCUT2D eigenvalue weighted by Crippen LogP contribution is -2.42. The predicted molar refractivity (Wildman–Crippen MR) is 84.5 cm³/mol. The van der Waals surface area contributed by atoms with E-state index < -0.39 is 24.9 Å². The number of rotatable bonds is 7. The molecule has 128 valence electrons. The van der Waals surface area contributed by atoms with Gasteiger partial charge in [-0.3, -0.25) is 9.48 Å². The molecule has 1 rings (SSSR count). The molecule has 0 radical (unpaired) electrons. The molecule has 0 unspecified atom stereocenters. The first-order valence-electron chi connectivity index (χ1n) is 7.03. The standard InChI is InChI=1S/C14H24F2N4O.ClH/c1-9(2)6-20-11(4)12(10(3)19-20)5-13(21)18-8-14(15,16)7-17;/h9H,5-8,17H2,1-4H3,(H,18,21);1H. The van der Waals surface area contributed by atoms with Gasteiger partial charge in [0.2, 0.25) is 5.91 Å². The van der Waals surface area contributed by atoms with Crippen molar-refractivity contribution in [3.05, 3.63) is 17.0 Å². The number of aromatic nitrogens is 2. The lowest BCUT2D eigenvalue weighted by molar-refractivity contribution is -0.122. The molecule has 0 atom stereocenters. The molecule has 0 fully saturated rings. The van der Waals surface area contributed by atoms with Crippen molar-refractivity contribution >= 4 is 18.3 Å². The SMILES string of the molecule is Cc1nn(CC(C)C)c(C)c1CC(=O)NCC(F)(F)CN.Cl. The number of alkyl halides is 2. The Morgan fingerprint density at radius 1 is 1.41 bits per heavy atom. The monoisotopic (exact) mass is 338 g/mol. The molecular weight excluding hydrogens is 314 g/mol. The first-order valence-corrected chi connectivity index (χ1v) is 7.03. The molecule has 1 amide bonds. The largest absolute Gasteiger partial charge is 0.350 e. The highest BCUT2D eigenvalue weighted by atomic mass is 35.5. The zero-order valence-electron chi connectivity index (χ0n) is 13.4. The molecule has 0 aliphatic carbocycles. The first kappa shape index (κ1) is 20.8. The van der Waals surface area contributed by atoms with Crippen LogP contribution in [0.4, 0.5) is 8.78 Å². The van der Waals surface area contributed by atoms with Gasteiger partial charge in [-0.1, -0.05) is 13.8 Å². The van der Waals surface area contributed by atoms with Gasteiger partial charge in [0, 0.05) is 17.8 Å². The molecule has 0 aliphatic rings. The van der Waals surface area contributed by atoms with Gasteiger partial charge in [-0.2, -0.15) is 5.10 Å². The van der Waals surface area contributed by atoms with E-state index in [1.165, 1.54) is 0 Å². The van der Waals surface area contributed by atoms with Gasteiger partial charge in [-0.15, -0.1) is 12.4 Å². The third-order valence-corrected chi connectivity index (χ3v) is 3.25. The van der Waals surface area contributed by atoms with Crippen LogP contribution >= 0.6 is 12.4 Å². The molecule has 8 heteroatoms. The van der Waals surface area contributed by atoms with Gasteiger partial charge in [0.1, 0.15) is 0 Å². The summed E-state index contributed by atoms with van der Waals surface area (Å²) < 4.78 is 27.9. The van der Waals surface area contributed by atoms with E-state index in [1.54, 1.807) is 0 Å². The summed E-state index contributed by atoms with van der Waals surface area (Å²) in [5.74, 6) is -3.08. The van der Waals surface area contributed by atoms with Crippen molar-refractivity contribution in [3.63, 3.8) is 0 Å². The summed E-state index contributed by atoms with van der Waals surface area (Å²) in [4.78, 5) is 11.8. The van der Waals surface area contributed by atoms with Crippen molar-refractivity contribution in [1.29, 1.82) is 0 Å². The Morgan fingerprint density at radius 3 is 2.50 bits per heavy atom. The quantitative estimate of drug-likeness (QED) is 0.796. The second-order valence-corrected chi connectivity index (χ2v) is 5.74. The highest BCUT2D eigenvalue weighted by Gasteiger charge is 2.27. The average Bonchev–Trinajstić information content (AvgIpc) is 2.64. The minimum atomic E-state index is -3.07. The number of carbonyl (C=O) groups is 1. The van der Waals surface area contributed by atoms with Crippen molar-refractivity contribution < 1.29 is 13.6 Å². The van der Waals surface area contributed by atoms with E-state index in [1.807, 2.05) is 18.5 Å². The van der Waals surface area contributed by atoms with Crippen LogP contribution < -0.4 is 11.1 Å². The normalized spacial score (nSPS) is 11.5. The smallest absolute Gasteiger partial charge is 0.277 e. The van der Waals surface area contributed by atoms with Crippen LogP contribution in [-0.4, -0.2) is 34.7 Å². The van der Waals surface area contributed by atoms with Gasteiger partial charge in [0.25, 0.3) is 5.92 Å². The van der Waals surface area contributed by atoms with Gasteiger partial charge in [0.15, 0.2) is 0 Å². The van der Waals surface area contributed by atoms with Crippen LogP contribution in [0.5, 0.6) is 0 Å². The Hall–Kier alpha value is -1.21. The molecule has 22 heavy (non-hydrogen) atoms. The van der Waals surface area contributed by atoms with Gasteiger partial charge in [0.05, 0.1) is 25.2 Å². The topological polar surface area (TPSA) is 72.9 Å². The van der Waals surface area contributed by atoms with Gasteiger partial charge in [-0.05, 0) is 19.8 Å². The van der Waals surface area contributed by atoms with Crippen LogP contribution in [0, 0.1) is 19.8 Å². The molecule has 0 aromatic carbocycles. The minimum Gasteiger partial charge on any atom is -0.350 e. The lowest BCUT2D eigenvalue weighted by Gasteiger charge is -2.14. The molecular formula is C14H25ClF2N4O. The van der Waals surface area contributed by atoms with E-state index in [0.29, 0.717) is 5.92 Å². The van der Waals surface area contributed by atoms with E-state index in [9.17, 15) is 13.6 Å². The zero-order chi connectivity index (χ0) is 16.2. The zero-order valence-corrected chi connectivity index (χ0v) is 14.3. The number of amides is 1. The Balaban J connectivity index is 0.00000441. The van der Waals surface area contributed by atoms with E-state index in [4.69, 9.17) is 5.73 Å². The molecule has 1 heterocycles. The molecule has 1 aromatic heterocycles. The summed E-state index contributed by atoms with van der Waals surface area (Å²) in [6.45, 7) is 7.12. The summed E-state index contributed by atoms with van der Waals surface area (Å²) in [6, 6.07) is 0. The van der Waals surface area contributed by atoms with Crippen LogP contribution in [0.15, 0.2) is 0 Å². The van der Waals surface area contributed by atoms with Crippen molar-refractivity contribution in [1.82, 2.24) is 15.1 Å². The van der Waals surface area contributed by atoms with E-state index in [-0.39, 0.29) is 18.8 Å². The molecule has 0 aliphatic heterocycles. The molecule has 5 nitrogen and oxygen atoms in total. The highest BCUT2D eigenvalue weighted by Crippen LogP contribution is 2.15. The van der Waals surface area contributed by atoms with Crippen molar-refractivity contribution in [2.75, 3.05) is 13.1 Å². The number of halogens is 3. The third-order valence-electron chi connectivity index (χ3n) is 3.25. The lowest BCUT2D eigenvalue weighted by atomic mass is 10.1. The Bertz CT molecular complexity index is 503. The molecule has 0 saturated carbocycles. The van der Waals surface area contributed by atoms with Crippen molar-refractivity contribution in [2.24, 2.45) is 11.7 Å². The Labute approximate surface area is 136 Å². The molecule has 0 spiro atoms. The van der Waals surface area contributed by atoms with Gasteiger partial charge >= 0.3 is 0 Å². The van der Waals surface area contributed by atoms with Crippen LogP contribution in [-0.2, 0) is 17.8 Å². The third kappa shape index (κ3) is 5.88. The van der Waals surface area contributed by atoms with Crippen LogP contribution in [0.1, 0.15) is 30.8 Å². The van der Waals surface area contributed by atoms with Gasteiger partial charge < -0.3 is 11.1 Å². The predicted octanol–water partition coefficient (Wildman–Crippen LogP) is 1.83. The van der Waals surface area contributed by atoms with Crippen LogP contribution in [0.3, 0.4) is 0 Å². The Kier molecular flexibility index (Phi) is 7.97. The van der Waals surface area contributed by atoms with Crippen molar-refractivity contribution in [3.8, 4) is 0 Å².